The van der Waals surface area contributed by atoms with Crippen LogP contribution in [0.5, 0.6) is 11.5 Å². The van der Waals surface area contributed by atoms with Crippen molar-refractivity contribution in [2.75, 3.05) is 0 Å². The highest BCUT2D eigenvalue weighted by molar-refractivity contribution is 9.10. The lowest BCUT2D eigenvalue weighted by molar-refractivity contribution is 0.0967. The molecule has 0 radical (unpaired) electrons. The number of hydrogen-bond donors (Lipinski definition) is 0. The number of Topliss-reactive ketones (excluding diaryl/α,β-unsaturated/α-hetero) is 1. The molecule has 3 rings (SSSR count). The van der Waals surface area contributed by atoms with Gasteiger partial charge in [-0.3, -0.25) is 4.79 Å². The van der Waals surface area contributed by atoms with Crippen molar-refractivity contribution in [3.8, 4) is 11.5 Å². The largest absolute Gasteiger partial charge is 0.457 e. The summed E-state index contributed by atoms with van der Waals surface area (Å²) in [5.74, 6) is 1.11. The van der Waals surface area contributed by atoms with E-state index in [0.29, 0.717) is 22.1 Å². The van der Waals surface area contributed by atoms with Gasteiger partial charge in [-0.15, -0.1) is 0 Å². The molecule has 0 fully saturated rings. The van der Waals surface area contributed by atoms with Crippen LogP contribution in [-0.4, -0.2) is 20.5 Å². The van der Waals surface area contributed by atoms with Crippen LogP contribution in [0.3, 0.4) is 0 Å². The van der Waals surface area contributed by atoms with E-state index in [4.69, 9.17) is 16.3 Å². The number of aromatic nitrogens is 3. The van der Waals surface area contributed by atoms with E-state index in [-0.39, 0.29) is 12.3 Å². The molecule has 0 unspecified atom stereocenters. The lowest BCUT2D eigenvalue weighted by atomic mass is 10.1. The maximum Gasteiger partial charge on any atom is 0.185 e. The second kappa shape index (κ2) is 6.93. The number of carbonyl (C=O) groups is 1. The Bertz CT molecular complexity index is 820. The first-order valence-corrected chi connectivity index (χ1v) is 7.87. The van der Waals surface area contributed by atoms with Gasteiger partial charge in [-0.1, -0.05) is 27.5 Å². The molecule has 116 valence electrons. The van der Waals surface area contributed by atoms with Crippen LogP contribution in [-0.2, 0) is 6.54 Å². The van der Waals surface area contributed by atoms with Crippen LogP contribution in [0.2, 0.25) is 5.02 Å². The smallest absolute Gasteiger partial charge is 0.185 e. The quantitative estimate of drug-likeness (QED) is 0.605. The summed E-state index contributed by atoms with van der Waals surface area (Å²) in [5, 5.41) is 4.24. The molecule has 0 N–H and O–H groups in total. The summed E-state index contributed by atoms with van der Waals surface area (Å²) >= 11 is 9.57. The lowest BCUT2D eigenvalue weighted by Gasteiger charge is -2.08. The summed E-state index contributed by atoms with van der Waals surface area (Å²) in [7, 11) is 0. The van der Waals surface area contributed by atoms with Crippen molar-refractivity contribution < 1.29 is 9.53 Å². The molecule has 7 heteroatoms. The Morgan fingerprint density at radius 1 is 1.17 bits per heavy atom. The number of halogens is 2. The molecule has 0 spiro atoms. The SMILES string of the molecule is O=C(Cn1cncn1)c1ccc(Oc2ccc(Br)cc2)cc1Cl. The van der Waals surface area contributed by atoms with Crippen molar-refractivity contribution in [3.63, 3.8) is 0 Å². The molecule has 0 aliphatic carbocycles. The fourth-order valence-corrected chi connectivity index (χ4v) is 2.51. The molecule has 1 aromatic heterocycles. The molecule has 0 bridgehead atoms. The first kappa shape index (κ1) is 15.7. The predicted octanol–water partition coefficient (Wildman–Crippen LogP) is 4.37. The van der Waals surface area contributed by atoms with Crippen molar-refractivity contribution in [2.45, 2.75) is 6.54 Å². The van der Waals surface area contributed by atoms with Gasteiger partial charge < -0.3 is 4.74 Å². The van der Waals surface area contributed by atoms with Crippen LogP contribution in [0.4, 0.5) is 0 Å². The molecule has 5 nitrogen and oxygen atoms in total. The van der Waals surface area contributed by atoms with E-state index in [1.54, 1.807) is 18.2 Å². The molecule has 0 saturated carbocycles. The highest BCUT2D eigenvalue weighted by atomic mass is 79.9. The third kappa shape index (κ3) is 3.97. The number of benzene rings is 2. The summed E-state index contributed by atoms with van der Waals surface area (Å²) in [6, 6.07) is 12.4. The molecule has 3 aromatic rings. The second-order valence-corrected chi connectivity index (χ2v) is 6.04. The van der Waals surface area contributed by atoms with Crippen molar-refractivity contribution >= 4 is 33.3 Å². The summed E-state index contributed by atoms with van der Waals surface area (Å²) in [6.07, 6.45) is 2.86. The highest BCUT2D eigenvalue weighted by Crippen LogP contribution is 2.28. The molecule has 23 heavy (non-hydrogen) atoms. The maximum absolute atomic E-state index is 12.2. The normalized spacial score (nSPS) is 10.5. The lowest BCUT2D eigenvalue weighted by Crippen LogP contribution is -2.11. The number of nitrogens with zero attached hydrogens (tertiary/aromatic N) is 3. The van der Waals surface area contributed by atoms with Gasteiger partial charge in [-0.2, -0.15) is 5.10 Å². The molecule has 1 heterocycles. The number of rotatable bonds is 5. The molecule has 0 aliphatic rings. The van der Waals surface area contributed by atoms with Crippen molar-refractivity contribution in [3.05, 3.63) is 70.2 Å². The number of ketones is 1. The zero-order valence-corrected chi connectivity index (χ0v) is 14.2. The van der Waals surface area contributed by atoms with Gasteiger partial charge in [0, 0.05) is 16.1 Å². The molecule has 0 saturated heterocycles. The van der Waals surface area contributed by atoms with Gasteiger partial charge in [0.15, 0.2) is 5.78 Å². The van der Waals surface area contributed by atoms with Crippen LogP contribution in [0.15, 0.2) is 59.6 Å². The first-order valence-electron chi connectivity index (χ1n) is 6.70. The van der Waals surface area contributed by atoms with Crippen LogP contribution >= 0.6 is 27.5 Å². The van der Waals surface area contributed by atoms with Gasteiger partial charge in [-0.25, -0.2) is 9.67 Å². The van der Waals surface area contributed by atoms with Crippen molar-refractivity contribution in [1.82, 2.24) is 14.8 Å². The summed E-state index contributed by atoms with van der Waals surface area (Å²) < 4.78 is 8.13. The van der Waals surface area contributed by atoms with Gasteiger partial charge in [0.25, 0.3) is 0 Å². The van der Waals surface area contributed by atoms with Gasteiger partial charge >= 0.3 is 0 Å². The Labute approximate surface area is 146 Å². The van der Waals surface area contributed by atoms with Gasteiger partial charge in [0.05, 0.1) is 5.02 Å². The number of hydrogen-bond acceptors (Lipinski definition) is 4. The van der Waals surface area contributed by atoms with Gasteiger partial charge in [0.2, 0.25) is 0 Å². The van der Waals surface area contributed by atoms with E-state index in [1.165, 1.54) is 17.3 Å². The minimum absolute atomic E-state index is 0.0899. The fourth-order valence-electron chi connectivity index (χ4n) is 1.97. The second-order valence-electron chi connectivity index (χ2n) is 4.71. The summed E-state index contributed by atoms with van der Waals surface area (Å²) in [6.45, 7) is 0.0899. The van der Waals surface area contributed by atoms with E-state index in [2.05, 4.69) is 26.0 Å². The molecular formula is C16H11BrClN3O2. The average molecular weight is 393 g/mol. The van der Waals surface area contributed by atoms with E-state index >= 15 is 0 Å². The van der Waals surface area contributed by atoms with Crippen molar-refractivity contribution in [1.29, 1.82) is 0 Å². The fraction of sp³-hybridized carbons (Fsp3) is 0.0625. The minimum Gasteiger partial charge on any atom is -0.457 e. The molecule has 0 aliphatic heterocycles. The Morgan fingerprint density at radius 2 is 1.91 bits per heavy atom. The van der Waals surface area contributed by atoms with E-state index in [1.807, 2.05) is 24.3 Å². The van der Waals surface area contributed by atoms with E-state index in [9.17, 15) is 4.79 Å². The summed E-state index contributed by atoms with van der Waals surface area (Å²) in [4.78, 5) is 16.0. The topological polar surface area (TPSA) is 57.0 Å². The molecular weight excluding hydrogens is 382 g/mol. The maximum atomic E-state index is 12.2. The first-order chi connectivity index (χ1) is 11.1. The highest BCUT2D eigenvalue weighted by Gasteiger charge is 2.12. The third-order valence-electron chi connectivity index (χ3n) is 3.06. The van der Waals surface area contributed by atoms with E-state index in [0.717, 1.165) is 4.47 Å². The van der Waals surface area contributed by atoms with Crippen molar-refractivity contribution in [2.24, 2.45) is 0 Å². The standard InChI is InChI=1S/C16H11BrClN3O2/c17-11-1-3-12(4-2-11)23-13-5-6-14(15(18)7-13)16(22)8-21-10-19-9-20-21/h1-7,9-10H,8H2. The third-order valence-corrected chi connectivity index (χ3v) is 3.90. The predicted molar refractivity (Wildman–Crippen MR) is 90.0 cm³/mol. The number of ether oxygens (including phenoxy) is 1. The molecule has 0 atom stereocenters. The molecule has 0 amide bonds. The average Bonchev–Trinajstić information content (AvgIpc) is 3.02. The Balaban J connectivity index is 1.75. The van der Waals surface area contributed by atoms with E-state index < -0.39 is 0 Å². The monoisotopic (exact) mass is 391 g/mol. The van der Waals surface area contributed by atoms with Crippen LogP contribution in [0.25, 0.3) is 0 Å². The van der Waals surface area contributed by atoms with Gasteiger partial charge in [-0.05, 0) is 36.4 Å². The minimum atomic E-state index is -0.143. The zero-order chi connectivity index (χ0) is 16.2. The van der Waals surface area contributed by atoms with Gasteiger partial charge in [0.1, 0.15) is 30.7 Å². The zero-order valence-electron chi connectivity index (χ0n) is 11.8. The van der Waals surface area contributed by atoms with Crippen LogP contribution < -0.4 is 4.74 Å². The Hall–Kier alpha value is -2.18. The molecule has 2 aromatic carbocycles. The number of carbonyl (C=O) groups excluding carboxylic acids is 1. The van der Waals surface area contributed by atoms with Crippen LogP contribution in [0.1, 0.15) is 10.4 Å². The van der Waals surface area contributed by atoms with Crippen LogP contribution in [0, 0.1) is 0 Å². The summed E-state index contributed by atoms with van der Waals surface area (Å²) in [5.41, 5.74) is 0.422. The Kier molecular flexibility index (Phi) is 4.73. The Morgan fingerprint density at radius 3 is 2.57 bits per heavy atom.